The van der Waals surface area contributed by atoms with Gasteiger partial charge in [-0.25, -0.2) is 23.4 Å². The second kappa shape index (κ2) is 10.7. The number of nitrogens with two attached hydrogens (primary N) is 1. The Kier molecular flexibility index (Phi) is 7.08. The van der Waals surface area contributed by atoms with E-state index < -0.39 is 16.1 Å². The van der Waals surface area contributed by atoms with Crippen LogP contribution >= 0.6 is 0 Å². The van der Waals surface area contributed by atoms with Crippen LogP contribution in [0, 0.1) is 11.3 Å². The van der Waals surface area contributed by atoms with Crippen LogP contribution in [0.1, 0.15) is 24.4 Å². The van der Waals surface area contributed by atoms with Gasteiger partial charge in [-0.05, 0) is 48.4 Å². The maximum atomic E-state index is 14.3. The molecule has 0 saturated heterocycles. The second-order valence-corrected chi connectivity index (χ2v) is 11.3. The van der Waals surface area contributed by atoms with Crippen molar-refractivity contribution in [1.29, 1.82) is 5.26 Å². The van der Waals surface area contributed by atoms with Crippen LogP contribution in [0.15, 0.2) is 77.9 Å². The molecule has 0 amide bonds. The lowest BCUT2D eigenvalue weighted by Crippen LogP contribution is -2.28. The Bertz CT molecular complexity index is 1990. The number of benzene rings is 2. The van der Waals surface area contributed by atoms with E-state index in [9.17, 15) is 18.5 Å². The molecule has 0 aliphatic heterocycles. The Hall–Kier alpha value is -5.35. The number of aromatic nitrogens is 5. The van der Waals surface area contributed by atoms with Crippen LogP contribution in [0.4, 0.5) is 17.6 Å². The number of pyridine rings is 1. The summed E-state index contributed by atoms with van der Waals surface area (Å²) in [6.07, 6.45) is 3.91. The molecule has 5 rings (SSSR count). The smallest absolute Gasteiger partial charge is 0.266 e. The Labute approximate surface area is 235 Å². The quantitative estimate of drug-likeness (QED) is 0.297. The van der Waals surface area contributed by atoms with Crippen LogP contribution in [0.25, 0.3) is 27.7 Å². The molecule has 13 heteroatoms. The summed E-state index contributed by atoms with van der Waals surface area (Å²) in [6, 6.07) is 19.1. The lowest BCUT2D eigenvalue weighted by Gasteiger charge is -2.21. The van der Waals surface area contributed by atoms with Gasteiger partial charge in [0.15, 0.2) is 0 Å². The summed E-state index contributed by atoms with van der Waals surface area (Å²) < 4.78 is 26.8. The summed E-state index contributed by atoms with van der Waals surface area (Å²) in [5.41, 5.74) is 7.80. The number of fused-ring (bicyclic) bond motifs is 1. The summed E-state index contributed by atoms with van der Waals surface area (Å²) in [5, 5.41) is 13.0. The van der Waals surface area contributed by atoms with Crippen molar-refractivity contribution in [1.82, 2.24) is 24.5 Å². The Morgan fingerprint density at radius 3 is 2.54 bits per heavy atom. The van der Waals surface area contributed by atoms with E-state index in [4.69, 9.17) is 10.7 Å². The normalized spacial score (nSPS) is 12.0. The van der Waals surface area contributed by atoms with Crippen LogP contribution in [0.3, 0.4) is 0 Å². The average Bonchev–Trinajstić information content (AvgIpc) is 2.96. The fraction of sp³-hybridized carbons (Fsp3) is 0.143. The largest absolute Gasteiger partial charge is 0.368 e. The molecular weight excluding hydrogens is 542 g/mol. The lowest BCUT2D eigenvalue weighted by molar-refractivity contribution is 0.600. The zero-order chi connectivity index (χ0) is 29.3. The van der Waals surface area contributed by atoms with Crippen molar-refractivity contribution in [2.45, 2.75) is 13.0 Å². The van der Waals surface area contributed by atoms with Crippen LogP contribution < -0.4 is 20.9 Å². The fourth-order valence-electron chi connectivity index (χ4n) is 4.39. The van der Waals surface area contributed by atoms with Crippen LogP contribution in [0.2, 0.25) is 0 Å². The molecule has 206 valence electrons. The number of nitrogens with one attached hydrogen (secondary N) is 1. The van der Waals surface area contributed by atoms with Gasteiger partial charge in [0.1, 0.15) is 29.1 Å². The summed E-state index contributed by atoms with van der Waals surface area (Å²) in [4.78, 5) is 31.4. The first-order valence-electron chi connectivity index (χ1n) is 12.4. The minimum atomic E-state index is -3.55. The minimum Gasteiger partial charge on any atom is -0.368 e. The molecular formula is C28H25N9O3S. The zero-order valence-corrected chi connectivity index (χ0v) is 23.2. The molecule has 41 heavy (non-hydrogen) atoms. The second-order valence-electron chi connectivity index (χ2n) is 9.25. The number of sulfonamides is 1. The molecule has 0 saturated carbocycles. The van der Waals surface area contributed by atoms with Gasteiger partial charge in [0.25, 0.3) is 5.56 Å². The van der Waals surface area contributed by atoms with Crippen LogP contribution in [-0.4, -0.2) is 46.2 Å². The first-order valence-corrected chi connectivity index (χ1v) is 14.2. The van der Waals surface area contributed by atoms with E-state index in [1.807, 2.05) is 24.3 Å². The molecule has 0 unspecified atom stereocenters. The van der Waals surface area contributed by atoms with E-state index >= 15 is 0 Å². The number of nitrogen functional groups attached to an aromatic ring is 1. The monoisotopic (exact) mass is 567 g/mol. The summed E-state index contributed by atoms with van der Waals surface area (Å²) >= 11 is 0. The van der Waals surface area contributed by atoms with Crippen molar-refractivity contribution >= 4 is 38.5 Å². The average molecular weight is 568 g/mol. The molecule has 0 spiro atoms. The van der Waals surface area contributed by atoms with Gasteiger partial charge in [0.2, 0.25) is 16.0 Å². The molecule has 3 N–H and O–H groups in total. The van der Waals surface area contributed by atoms with E-state index in [0.29, 0.717) is 33.5 Å². The zero-order valence-electron chi connectivity index (χ0n) is 22.3. The standard InChI is InChI=1S/C28H25N9O3S/c1-17(33-25-19(15-29)16-32-28(30)35-25)26-34-22-11-7-10-21(18-12-13-31-23(14-18)36(2)41(3,39)40)24(22)27(38)37(26)20-8-5-4-6-9-20/h4-14,16-17H,1-3H3,(H3,30,32,33,35)/t17-/m1/s1. The van der Waals surface area contributed by atoms with Crippen LogP contribution in [-0.2, 0) is 10.0 Å². The third-order valence-electron chi connectivity index (χ3n) is 6.48. The Morgan fingerprint density at radius 2 is 1.83 bits per heavy atom. The SMILES string of the molecule is C[C@@H](Nc1nc(N)ncc1C#N)c1nc2cccc(-c3ccnc(N(C)S(C)(=O)=O)c3)c2c(=O)n1-c1ccccc1. The van der Waals surface area contributed by atoms with Gasteiger partial charge in [-0.1, -0.05) is 30.3 Å². The van der Waals surface area contributed by atoms with Crippen molar-refractivity contribution in [3.63, 3.8) is 0 Å². The van der Waals surface area contributed by atoms with E-state index in [0.717, 1.165) is 10.6 Å². The number of rotatable bonds is 7. The predicted molar refractivity (Wildman–Crippen MR) is 157 cm³/mol. The molecule has 3 heterocycles. The van der Waals surface area contributed by atoms with E-state index in [1.165, 1.54) is 24.0 Å². The van der Waals surface area contributed by atoms with Crippen molar-refractivity contribution in [3.8, 4) is 22.9 Å². The van der Waals surface area contributed by atoms with Gasteiger partial charge in [-0.3, -0.25) is 13.7 Å². The van der Waals surface area contributed by atoms with Gasteiger partial charge in [-0.2, -0.15) is 10.2 Å². The molecule has 3 aromatic heterocycles. The first kappa shape index (κ1) is 27.2. The third kappa shape index (κ3) is 5.28. The molecule has 0 bridgehead atoms. The van der Waals surface area contributed by atoms with Gasteiger partial charge in [0.05, 0.1) is 35.1 Å². The highest BCUT2D eigenvalue weighted by atomic mass is 32.2. The maximum Gasteiger partial charge on any atom is 0.266 e. The molecule has 12 nitrogen and oxygen atoms in total. The molecule has 0 fully saturated rings. The fourth-order valence-corrected chi connectivity index (χ4v) is 4.83. The molecule has 5 aromatic rings. The molecule has 1 atom stereocenters. The number of para-hydroxylation sites is 1. The van der Waals surface area contributed by atoms with Crippen molar-refractivity contribution in [2.75, 3.05) is 28.7 Å². The maximum absolute atomic E-state index is 14.3. The highest BCUT2D eigenvalue weighted by Gasteiger charge is 2.22. The number of nitriles is 1. The number of hydrogen-bond acceptors (Lipinski definition) is 10. The predicted octanol–water partition coefficient (Wildman–Crippen LogP) is 3.26. The van der Waals surface area contributed by atoms with E-state index in [2.05, 4.69) is 20.3 Å². The summed E-state index contributed by atoms with van der Waals surface area (Å²) in [6.45, 7) is 1.80. The van der Waals surface area contributed by atoms with Gasteiger partial charge in [0, 0.05) is 13.2 Å². The topological polar surface area (TPSA) is 173 Å². The first-order chi connectivity index (χ1) is 19.6. The van der Waals surface area contributed by atoms with Gasteiger partial charge < -0.3 is 11.1 Å². The number of nitrogens with zero attached hydrogens (tertiary/aromatic N) is 7. The third-order valence-corrected chi connectivity index (χ3v) is 7.66. The molecule has 0 aliphatic carbocycles. The molecule has 0 radical (unpaired) electrons. The number of anilines is 3. The van der Waals surface area contributed by atoms with E-state index in [-0.39, 0.29) is 28.7 Å². The van der Waals surface area contributed by atoms with E-state index in [1.54, 1.807) is 49.4 Å². The van der Waals surface area contributed by atoms with Gasteiger partial charge >= 0.3 is 0 Å². The highest BCUT2D eigenvalue weighted by molar-refractivity contribution is 7.92. The molecule has 2 aromatic carbocycles. The highest BCUT2D eigenvalue weighted by Crippen LogP contribution is 2.30. The lowest BCUT2D eigenvalue weighted by atomic mass is 10.0. The molecule has 0 aliphatic rings. The summed E-state index contributed by atoms with van der Waals surface area (Å²) in [5.74, 6) is 0.799. The van der Waals surface area contributed by atoms with Crippen molar-refractivity contribution < 1.29 is 8.42 Å². The Balaban J connectivity index is 1.73. The van der Waals surface area contributed by atoms with Crippen molar-refractivity contribution in [2.24, 2.45) is 0 Å². The van der Waals surface area contributed by atoms with Crippen LogP contribution in [0.5, 0.6) is 0 Å². The minimum absolute atomic E-state index is 0.00602. The summed E-state index contributed by atoms with van der Waals surface area (Å²) in [7, 11) is -2.13. The number of hydrogen-bond donors (Lipinski definition) is 2. The Morgan fingerprint density at radius 1 is 1.07 bits per heavy atom. The van der Waals surface area contributed by atoms with Gasteiger partial charge in [-0.15, -0.1) is 0 Å². The van der Waals surface area contributed by atoms with Crippen molar-refractivity contribution in [3.05, 3.63) is 94.8 Å².